The van der Waals surface area contributed by atoms with Crippen LogP contribution in [0.2, 0.25) is 0 Å². The summed E-state index contributed by atoms with van der Waals surface area (Å²) in [5.74, 6) is 0.0806. The lowest BCUT2D eigenvalue weighted by atomic mass is 10.2. The lowest BCUT2D eigenvalue weighted by molar-refractivity contribution is 0.596. The predicted octanol–water partition coefficient (Wildman–Crippen LogP) is 2.50. The Bertz CT molecular complexity index is 869. The van der Waals surface area contributed by atoms with E-state index in [0.717, 1.165) is 11.3 Å². The van der Waals surface area contributed by atoms with E-state index in [1.807, 2.05) is 0 Å². The molecular weight excluding hydrogens is 334 g/mol. The van der Waals surface area contributed by atoms with E-state index < -0.39 is 19.7 Å². The first kappa shape index (κ1) is 17.5. The summed E-state index contributed by atoms with van der Waals surface area (Å²) in [7, 11) is -6.37. The lowest BCUT2D eigenvalue weighted by Gasteiger charge is -2.08. The van der Waals surface area contributed by atoms with Crippen LogP contribution >= 0.6 is 0 Å². The highest BCUT2D eigenvalue weighted by atomic mass is 32.2. The molecular formula is C16H19NO4S2. The number of hydrogen-bond donors (Lipinski definition) is 1. The molecule has 0 aliphatic rings. The number of benzene rings is 2. The molecule has 0 radical (unpaired) electrons. The minimum atomic E-state index is -3.19. The zero-order valence-electron chi connectivity index (χ0n) is 13.0. The predicted molar refractivity (Wildman–Crippen MR) is 91.0 cm³/mol. The Balaban J connectivity index is 2.04. The summed E-state index contributed by atoms with van der Waals surface area (Å²) < 4.78 is 46.3. The van der Waals surface area contributed by atoms with Crippen molar-refractivity contribution >= 4 is 25.4 Å². The first-order chi connectivity index (χ1) is 10.7. The Kier molecular flexibility index (Phi) is 5.11. The van der Waals surface area contributed by atoms with Gasteiger partial charge in [0.2, 0.25) is 0 Å². The maximum atomic E-state index is 11.7. The van der Waals surface area contributed by atoms with Crippen molar-refractivity contribution in [2.24, 2.45) is 0 Å². The summed E-state index contributed by atoms with van der Waals surface area (Å²) >= 11 is 0. The SMILES string of the molecule is CCS(=O)(=O)c1ccc(CNc2ccc(S(C)(=O)=O)cc2)cc1. The van der Waals surface area contributed by atoms with E-state index in [-0.39, 0.29) is 10.6 Å². The molecule has 0 aliphatic heterocycles. The van der Waals surface area contributed by atoms with Crippen molar-refractivity contribution in [2.45, 2.75) is 23.3 Å². The van der Waals surface area contributed by atoms with Gasteiger partial charge in [-0.05, 0) is 42.0 Å². The van der Waals surface area contributed by atoms with Gasteiger partial charge in [-0.15, -0.1) is 0 Å². The standard InChI is InChI=1S/C16H19NO4S2/c1-3-23(20,21)16-8-4-13(5-9-16)12-17-14-6-10-15(11-7-14)22(2,18)19/h4-11,17H,3,12H2,1-2H3. The van der Waals surface area contributed by atoms with Gasteiger partial charge in [0, 0.05) is 18.5 Å². The van der Waals surface area contributed by atoms with Crippen molar-refractivity contribution in [3.8, 4) is 0 Å². The van der Waals surface area contributed by atoms with Crippen LogP contribution in [0.25, 0.3) is 0 Å². The van der Waals surface area contributed by atoms with Crippen molar-refractivity contribution in [3.63, 3.8) is 0 Å². The van der Waals surface area contributed by atoms with Gasteiger partial charge < -0.3 is 5.32 Å². The number of rotatable bonds is 6. The molecule has 2 aromatic carbocycles. The van der Waals surface area contributed by atoms with Crippen LogP contribution < -0.4 is 5.32 Å². The minimum absolute atomic E-state index is 0.0806. The van der Waals surface area contributed by atoms with E-state index in [1.54, 1.807) is 55.5 Å². The van der Waals surface area contributed by atoms with Gasteiger partial charge in [0.25, 0.3) is 0 Å². The maximum Gasteiger partial charge on any atom is 0.178 e. The normalized spacial score (nSPS) is 12.1. The van der Waals surface area contributed by atoms with Gasteiger partial charge in [0.1, 0.15) is 0 Å². The molecule has 0 fully saturated rings. The fourth-order valence-electron chi connectivity index (χ4n) is 2.01. The third kappa shape index (κ3) is 4.56. The van der Waals surface area contributed by atoms with Crippen molar-refractivity contribution in [3.05, 3.63) is 54.1 Å². The molecule has 0 heterocycles. The average Bonchev–Trinajstić information content (AvgIpc) is 2.53. The number of nitrogens with one attached hydrogen (secondary N) is 1. The zero-order valence-corrected chi connectivity index (χ0v) is 14.6. The van der Waals surface area contributed by atoms with Crippen LogP contribution in [0.4, 0.5) is 5.69 Å². The summed E-state index contributed by atoms with van der Waals surface area (Å²) in [6.45, 7) is 2.13. The van der Waals surface area contributed by atoms with E-state index in [1.165, 1.54) is 6.26 Å². The molecule has 0 aliphatic carbocycles. The van der Waals surface area contributed by atoms with Crippen LogP contribution in [0.5, 0.6) is 0 Å². The minimum Gasteiger partial charge on any atom is -0.381 e. The van der Waals surface area contributed by atoms with Crippen molar-refractivity contribution in [2.75, 3.05) is 17.3 Å². The van der Waals surface area contributed by atoms with E-state index >= 15 is 0 Å². The van der Waals surface area contributed by atoms with Crippen LogP contribution in [-0.2, 0) is 26.2 Å². The molecule has 7 heteroatoms. The molecule has 0 bridgehead atoms. The second-order valence-electron chi connectivity index (χ2n) is 5.20. The zero-order chi connectivity index (χ0) is 17.1. The Morgan fingerprint density at radius 1 is 0.826 bits per heavy atom. The molecule has 2 aromatic rings. The molecule has 23 heavy (non-hydrogen) atoms. The Hall–Kier alpha value is -1.86. The first-order valence-corrected chi connectivity index (χ1v) is 10.6. The molecule has 0 aromatic heterocycles. The fraction of sp³-hybridized carbons (Fsp3) is 0.250. The second kappa shape index (κ2) is 6.72. The monoisotopic (exact) mass is 353 g/mol. The highest BCUT2D eigenvalue weighted by Crippen LogP contribution is 2.16. The molecule has 0 amide bonds. The van der Waals surface area contributed by atoms with E-state index in [2.05, 4.69) is 5.32 Å². The van der Waals surface area contributed by atoms with E-state index in [0.29, 0.717) is 11.4 Å². The Morgan fingerprint density at radius 2 is 1.35 bits per heavy atom. The van der Waals surface area contributed by atoms with Crippen molar-refractivity contribution < 1.29 is 16.8 Å². The maximum absolute atomic E-state index is 11.7. The van der Waals surface area contributed by atoms with Crippen LogP contribution in [0.3, 0.4) is 0 Å². The molecule has 124 valence electrons. The van der Waals surface area contributed by atoms with Crippen molar-refractivity contribution in [1.82, 2.24) is 0 Å². The number of hydrogen-bond acceptors (Lipinski definition) is 5. The molecule has 0 atom stereocenters. The fourth-order valence-corrected chi connectivity index (χ4v) is 3.52. The third-order valence-electron chi connectivity index (χ3n) is 3.44. The summed E-state index contributed by atoms with van der Waals surface area (Å²) in [5.41, 5.74) is 1.73. The quantitative estimate of drug-likeness (QED) is 0.863. The molecule has 1 N–H and O–H groups in total. The molecule has 0 saturated carbocycles. The van der Waals surface area contributed by atoms with Crippen LogP contribution in [0, 0.1) is 0 Å². The molecule has 0 unspecified atom stereocenters. The van der Waals surface area contributed by atoms with Crippen molar-refractivity contribution in [1.29, 1.82) is 0 Å². The largest absolute Gasteiger partial charge is 0.381 e. The van der Waals surface area contributed by atoms with Crippen LogP contribution in [0.15, 0.2) is 58.3 Å². The van der Waals surface area contributed by atoms with E-state index in [4.69, 9.17) is 0 Å². The Labute approximate surface area is 137 Å². The summed E-state index contributed by atoms with van der Waals surface area (Å²) in [5, 5.41) is 3.17. The van der Waals surface area contributed by atoms with Gasteiger partial charge in [0.05, 0.1) is 15.5 Å². The first-order valence-electron chi connectivity index (χ1n) is 7.08. The van der Waals surface area contributed by atoms with E-state index in [9.17, 15) is 16.8 Å². The number of sulfone groups is 2. The second-order valence-corrected chi connectivity index (χ2v) is 9.49. The topological polar surface area (TPSA) is 80.3 Å². The lowest BCUT2D eigenvalue weighted by Crippen LogP contribution is -2.04. The summed E-state index contributed by atoms with van der Waals surface area (Å²) in [6.07, 6.45) is 1.17. The molecule has 0 saturated heterocycles. The van der Waals surface area contributed by atoms with Gasteiger partial charge >= 0.3 is 0 Å². The smallest absolute Gasteiger partial charge is 0.178 e. The highest BCUT2D eigenvalue weighted by molar-refractivity contribution is 7.91. The molecule has 0 spiro atoms. The summed E-state index contributed by atoms with van der Waals surface area (Å²) in [6, 6.07) is 13.2. The number of anilines is 1. The van der Waals surface area contributed by atoms with Crippen LogP contribution in [-0.4, -0.2) is 28.8 Å². The van der Waals surface area contributed by atoms with Gasteiger partial charge in [-0.1, -0.05) is 19.1 Å². The Morgan fingerprint density at radius 3 is 1.83 bits per heavy atom. The molecule has 2 rings (SSSR count). The average molecular weight is 353 g/mol. The van der Waals surface area contributed by atoms with Crippen LogP contribution in [0.1, 0.15) is 12.5 Å². The van der Waals surface area contributed by atoms with Gasteiger partial charge in [-0.2, -0.15) is 0 Å². The van der Waals surface area contributed by atoms with Gasteiger partial charge in [0.15, 0.2) is 19.7 Å². The highest BCUT2D eigenvalue weighted by Gasteiger charge is 2.10. The van der Waals surface area contributed by atoms with Gasteiger partial charge in [-0.25, -0.2) is 16.8 Å². The molecule has 5 nitrogen and oxygen atoms in total. The third-order valence-corrected chi connectivity index (χ3v) is 6.32. The summed E-state index contributed by atoms with van der Waals surface area (Å²) in [4.78, 5) is 0.596. The van der Waals surface area contributed by atoms with Gasteiger partial charge in [-0.3, -0.25) is 0 Å².